The molecule has 10 heteroatoms. The summed E-state index contributed by atoms with van der Waals surface area (Å²) < 4.78 is 1.73. The van der Waals surface area contributed by atoms with Crippen molar-refractivity contribution in [3.8, 4) is 22.3 Å². The Bertz CT molecular complexity index is 1240. The summed E-state index contributed by atoms with van der Waals surface area (Å²) in [4.78, 5) is 21.8. The lowest BCUT2D eigenvalue weighted by molar-refractivity contribution is 0.0955. The van der Waals surface area contributed by atoms with E-state index in [9.17, 15) is 4.79 Å². The Kier molecular flexibility index (Phi) is 4.18. The number of nitrogens with zero attached hydrogens (tertiary/aromatic N) is 5. The third kappa shape index (κ3) is 3.08. The van der Waals surface area contributed by atoms with E-state index in [1.54, 1.807) is 29.3 Å². The molecule has 5 heterocycles. The van der Waals surface area contributed by atoms with Crippen LogP contribution in [0.3, 0.4) is 0 Å². The summed E-state index contributed by atoms with van der Waals surface area (Å²) in [5.74, 6) is -0.113. The first kappa shape index (κ1) is 16.8. The van der Waals surface area contributed by atoms with Crippen LogP contribution in [0.25, 0.3) is 27.9 Å². The van der Waals surface area contributed by atoms with Crippen molar-refractivity contribution in [3.05, 3.63) is 63.9 Å². The van der Waals surface area contributed by atoms with Gasteiger partial charge in [0.05, 0.1) is 23.8 Å². The maximum absolute atomic E-state index is 12.4. The Hall–Kier alpha value is -3.37. The summed E-state index contributed by atoms with van der Waals surface area (Å²) >= 11 is 2.91. The number of thiophene rings is 1. The molecule has 1 amide bonds. The molecule has 2 N–H and O–H groups in total. The van der Waals surface area contributed by atoms with Gasteiger partial charge in [0.25, 0.3) is 5.91 Å². The molecule has 0 fully saturated rings. The van der Waals surface area contributed by atoms with Crippen LogP contribution in [0, 0.1) is 0 Å². The highest BCUT2D eigenvalue weighted by molar-refractivity contribution is 7.12. The standard InChI is InChI=1S/C18H13N7OS2/c26-18(21-8-16-19-1-2-27-16)15-3-11(10-28-15)14-7-24-25-9-13(4-20-17(14)25)12-5-22-23-6-12/h1-7,9-10H,8H2,(H,21,26)(H,22,23). The number of amides is 1. The molecule has 0 aliphatic heterocycles. The van der Waals surface area contributed by atoms with E-state index in [0.717, 1.165) is 32.9 Å². The van der Waals surface area contributed by atoms with Gasteiger partial charge in [0, 0.05) is 46.9 Å². The lowest BCUT2D eigenvalue weighted by atomic mass is 10.1. The molecule has 0 bridgehead atoms. The van der Waals surface area contributed by atoms with E-state index in [4.69, 9.17) is 0 Å². The summed E-state index contributed by atoms with van der Waals surface area (Å²) in [6.45, 7) is 0.429. The van der Waals surface area contributed by atoms with Gasteiger partial charge in [0.15, 0.2) is 5.65 Å². The van der Waals surface area contributed by atoms with Crippen molar-refractivity contribution in [2.45, 2.75) is 6.54 Å². The average Bonchev–Trinajstić information content (AvgIpc) is 3.51. The molecule has 0 radical (unpaired) electrons. The Labute approximate surface area is 166 Å². The smallest absolute Gasteiger partial charge is 0.261 e. The molecule has 0 unspecified atom stereocenters. The van der Waals surface area contributed by atoms with Crippen LogP contribution < -0.4 is 5.32 Å². The van der Waals surface area contributed by atoms with E-state index >= 15 is 0 Å². The minimum absolute atomic E-state index is 0.113. The maximum atomic E-state index is 12.4. The molecule has 0 aromatic carbocycles. The van der Waals surface area contributed by atoms with Crippen molar-refractivity contribution in [2.75, 3.05) is 0 Å². The summed E-state index contributed by atoms with van der Waals surface area (Å²) in [6, 6.07) is 1.87. The lowest BCUT2D eigenvalue weighted by Gasteiger charge is -2.00. The maximum Gasteiger partial charge on any atom is 0.261 e. The predicted molar refractivity (Wildman–Crippen MR) is 107 cm³/mol. The van der Waals surface area contributed by atoms with Gasteiger partial charge in [-0.3, -0.25) is 9.89 Å². The number of H-pyrrole nitrogens is 1. The molecule has 5 aromatic heterocycles. The highest BCUT2D eigenvalue weighted by atomic mass is 32.1. The van der Waals surface area contributed by atoms with Crippen molar-refractivity contribution < 1.29 is 4.79 Å². The van der Waals surface area contributed by atoms with Crippen molar-refractivity contribution in [1.29, 1.82) is 0 Å². The highest BCUT2D eigenvalue weighted by Crippen LogP contribution is 2.29. The van der Waals surface area contributed by atoms with Gasteiger partial charge in [-0.2, -0.15) is 10.2 Å². The average molecular weight is 407 g/mol. The third-order valence-corrected chi connectivity index (χ3v) is 5.91. The van der Waals surface area contributed by atoms with Crippen molar-refractivity contribution >= 4 is 34.2 Å². The minimum Gasteiger partial charge on any atom is -0.345 e. The van der Waals surface area contributed by atoms with E-state index in [0.29, 0.717) is 11.4 Å². The molecule has 8 nitrogen and oxygen atoms in total. The van der Waals surface area contributed by atoms with Crippen LogP contribution in [0.1, 0.15) is 14.7 Å². The van der Waals surface area contributed by atoms with Crippen LogP contribution in [0.5, 0.6) is 0 Å². The fraction of sp³-hybridized carbons (Fsp3) is 0.0556. The molecule has 28 heavy (non-hydrogen) atoms. The van der Waals surface area contributed by atoms with Crippen molar-refractivity contribution in [1.82, 2.24) is 35.1 Å². The second kappa shape index (κ2) is 6.98. The van der Waals surface area contributed by atoms with Gasteiger partial charge in [-0.1, -0.05) is 0 Å². The second-order valence-electron chi connectivity index (χ2n) is 5.96. The number of hydrogen-bond acceptors (Lipinski definition) is 7. The molecule has 0 saturated carbocycles. The van der Waals surface area contributed by atoms with Crippen LogP contribution in [-0.4, -0.2) is 35.7 Å². The fourth-order valence-electron chi connectivity index (χ4n) is 2.82. The molecule has 0 atom stereocenters. The van der Waals surface area contributed by atoms with Gasteiger partial charge >= 0.3 is 0 Å². The number of rotatable bonds is 5. The van der Waals surface area contributed by atoms with Crippen LogP contribution >= 0.6 is 22.7 Å². The Balaban J connectivity index is 1.39. The largest absolute Gasteiger partial charge is 0.345 e. The Morgan fingerprint density at radius 3 is 2.93 bits per heavy atom. The van der Waals surface area contributed by atoms with E-state index in [2.05, 4.69) is 30.6 Å². The summed E-state index contributed by atoms with van der Waals surface area (Å²) in [5.41, 5.74) is 4.40. The molecule has 0 saturated heterocycles. The lowest BCUT2D eigenvalue weighted by Crippen LogP contribution is -2.21. The zero-order chi connectivity index (χ0) is 18.9. The van der Waals surface area contributed by atoms with Gasteiger partial charge in [0.2, 0.25) is 0 Å². The molecule has 0 aliphatic carbocycles. The number of fused-ring (bicyclic) bond motifs is 1. The molecule has 0 aliphatic rings. The number of carbonyl (C=O) groups is 1. The number of aromatic amines is 1. The van der Waals surface area contributed by atoms with Gasteiger partial charge < -0.3 is 5.32 Å². The van der Waals surface area contributed by atoms with Crippen molar-refractivity contribution in [3.63, 3.8) is 0 Å². The van der Waals surface area contributed by atoms with E-state index in [-0.39, 0.29) is 5.91 Å². The monoisotopic (exact) mass is 407 g/mol. The number of thiazole rings is 1. The molecule has 138 valence electrons. The van der Waals surface area contributed by atoms with Gasteiger partial charge in [-0.05, 0) is 17.0 Å². The fourth-order valence-corrected chi connectivity index (χ4v) is 4.20. The zero-order valence-electron chi connectivity index (χ0n) is 14.4. The van der Waals surface area contributed by atoms with Crippen LogP contribution in [0.4, 0.5) is 0 Å². The van der Waals surface area contributed by atoms with E-state index < -0.39 is 0 Å². The first-order chi connectivity index (χ1) is 13.8. The number of carbonyl (C=O) groups excluding carboxylic acids is 1. The molecule has 0 spiro atoms. The predicted octanol–water partition coefficient (Wildman–Crippen LogP) is 3.23. The highest BCUT2D eigenvalue weighted by Gasteiger charge is 2.14. The molecular formula is C18H13N7OS2. The molecule has 5 aromatic rings. The SMILES string of the molecule is O=C(NCc1nccs1)c1cc(-c2cnn3cc(-c4cn[nH]c4)cnc23)cs1. The van der Waals surface area contributed by atoms with Crippen LogP contribution in [-0.2, 0) is 6.54 Å². The Morgan fingerprint density at radius 1 is 1.14 bits per heavy atom. The van der Waals surface area contributed by atoms with Crippen LogP contribution in [0.2, 0.25) is 0 Å². The first-order valence-corrected chi connectivity index (χ1v) is 10.1. The van der Waals surface area contributed by atoms with E-state index in [1.165, 1.54) is 22.7 Å². The second-order valence-corrected chi connectivity index (χ2v) is 7.85. The summed E-state index contributed by atoms with van der Waals surface area (Å²) in [7, 11) is 0. The number of hydrogen-bond donors (Lipinski definition) is 2. The summed E-state index contributed by atoms with van der Waals surface area (Å²) in [6.07, 6.45) is 10.7. The quantitative estimate of drug-likeness (QED) is 0.466. The molecular weight excluding hydrogens is 394 g/mol. The molecule has 5 rings (SSSR count). The van der Waals surface area contributed by atoms with E-state index in [1.807, 2.05) is 29.2 Å². The van der Waals surface area contributed by atoms with Gasteiger partial charge in [-0.15, -0.1) is 22.7 Å². The summed E-state index contributed by atoms with van der Waals surface area (Å²) in [5, 5.41) is 18.8. The zero-order valence-corrected chi connectivity index (χ0v) is 16.0. The number of aromatic nitrogens is 6. The third-order valence-electron chi connectivity index (χ3n) is 4.21. The first-order valence-electron chi connectivity index (χ1n) is 8.36. The topological polar surface area (TPSA) is 101 Å². The number of nitrogens with one attached hydrogen (secondary N) is 2. The Morgan fingerprint density at radius 2 is 2.11 bits per heavy atom. The normalized spacial score (nSPS) is 11.1. The van der Waals surface area contributed by atoms with Gasteiger partial charge in [0.1, 0.15) is 5.01 Å². The van der Waals surface area contributed by atoms with Crippen molar-refractivity contribution in [2.24, 2.45) is 0 Å². The van der Waals surface area contributed by atoms with Crippen LogP contribution in [0.15, 0.2) is 54.0 Å². The minimum atomic E-state index is -0.113. The van der Waals surface area contributed by atoms with Gasteiger partial charge in [-0.25, -0.2) is 14.5 Å².